The molecule has 116 valence electrons. The van der Waals surface area contributed by atoms with Crippen LogP contribution in [0.1, 0.15) is 31.1 Å². The van der Waals surface area contributed by atoms with Crippen molar-refractivity contribution >= 4 is 37.6 Å². The third kappa shape index (κ3) is 5.13. The van der Waals surface area contributed by atoms with Crippen LogP contribution in [0.5, 0.6) is 0 Å². The average molecular weight is 378 g/mol. The molecule has 0 aliphatic rings. The molecule has 0 saturated carbocycles. The quantitative estimate of drug-likeness (QED) is 0.833. The third-order valence-electron chi connectivity index (χ3n) is 2.36. The minimum Gasteiger partial charge on any atom is -0.478 e. The van der Waals surface area contributed by atoms with Gasteiger partial charge in [0.2, 0.25) is 5.91 Å². The zero-order valence-electron chi connectivity index (χ0n) is 11.8. The Bertz CT molecular complexity index is 676. The summed E-state index contributed by atoms with van der Waals surface area (Å²) in [4.78, 5) is 22.5. The van der Waals surface area contributed by atoms with E-state index in [0.717, 1.165) is 6.07 Å². The van der Waals surface area contributed by atoms with Crippen molar-refractivity contribution in [3.8, 4) is 0 Å². The van der Waals surface area contributed by atoms with E-state index < -0.39 is 33.0 Å². The van der Waals surface area contributed by atoms with Gasteiger partial charge in [-0.2, -0.15) is 0 Å². The summed E-state index contributed by atoms with van der Waals surface area (Å²) < 4.78 is 24.6. The van der Waals surface area contributed by atoms with Crippen LogP contribution in [-0.4, -0.2) is 36.7 Å². The first kappa shape index (κ1) is 17.6. The van der Waals surface area contributed by atoms with Crippen molar-refractivity contribution in [2.75, 3.05) is 5.75 Å². The molecule has 6 nitrogen and oxygen atoms in total. The molecule has 0 heterocycles. The molecular weight excluding hydrogens is 362 g/mol. The molecule has 0 aliphatic carbocycles. The molecule has 1 aromatic carbocycles. The molecule has 0 aliphatic heterocycles. The number of amides is 1. The van der Waals surface area contributed by atoms with E-state index in [0.29, 0.717) is 0 Å². The summed E-state index contributed by atoms with van der Waals surface area (Å²) in [5, 5.41) is 11.5. The maximum absolute atomic E-state index is 12.1. The number of carboxylic acids is 1. The predicted molar refractivity (Wildman–Crippen MR) is 81.0 cm³/mol. The van der Waals surface area contributed by atoms with Crippen LogP contribution in [-0.2, 0) is 14.6 Å². The highest BCUT2D eigenvalue weighted by atomic mass is 79.9. The number of aromatic carboxylic acids is 1. The molecule has 21 heavy (non-hydrogen) atoms. The van der Waals surface area contributed by atoms with Gasteiger partial charge < -0.3 is 10.4 Å². The van der Waals surface area contributed by atoms with Crippen LogP contribution < -0.4 is 5.32 Å². The standard InChI is InChI=1S/C13H16BrNO5S/c1-13(2,3)15-11(16)7-21(19,20)8-4-5-10(14)9(6-8)12(17)18/h4-6H,7H2,1-3H3,(H,15,16)(H,17,18). The average Bonchev–Trinajstić information content (AvgIpc) is 2.24. The summed E-state index contributed by atoms with van der Waals surface area (Å²) in [7, 11) is -3.90. The number of hydrogen-bond acceptors (Lipinski definition) is 4. The summed E-state index contributed by atoms with van der Waals surface area (Å²) in [6, 6.07) is 3.63. The lowest BCUT2D eigenvalue weighted by atomic mass is 10.1. The Hall–Kier alpha value is -1.41. The minimum atomic E-state index is -3.90. The van der Waals surface area contributed by atoms with Crippen molar-refractivity contribution in [3.05, 3.63) is 28.2 Å². The number of sulfone groups is 1. The van der Waals surface area contributed by atoms with E-state index in [9.17, 15) is 18.0 Å². The Morgan fingerprint density at radius 3 is 2.33 bits per heavy atom. The van der Waals surface area contributed by atoms with Gasteiger partial charge in [0.1, 0.15) is 5.75 Å². The zero-order chi connectivity index (χ0) is 16.4. The fourth-order valence-electron chi connectivity index (χ4n) is 1.57. The third-order valence-corrected chi connectivity index (χ3v) is 4.67. The lowest BCUT2D eigenvalue weighted by molar-refractivity contribution is -0.120. The number of carbonyl (C=O) groups excluding carboxylic acids is 1. The van der Waals surface area contributed by atoms with Gasteiger partial charge in [0.25, 0.3) is 0 Å². The summed E-state index contributed by atoms with van der Waals surface area (Å²) in [6.07, 6.45) is 0. The smallest absolute Gasteiger partial charge is 0.336 e. The Labute approximate surface area is 131 Å². The second kappa shape index (κ2) is 6.15. The lowest BCUT2D eigenvalue weighted by Crippen LogP contribution is -2.43. The SMILES string of the molecule is CC(C)(C)NC(=O)CS(=O)(=O)c1ccc(Br)c(C(=O)O)c1. The van der Waals surface area contributed by atoms with Gasteiger partial charge in [-0.15, -0.1) is 0 Å². The molecular formula is C13H16BrNO5S. The molecule has 1 aromatic rings. The normalized spacial score (nSPS) is 12.0. The number of hydrogen-bond donors (Lipinski definition) is 2. The van der Waals surface area contributed by atoms with Gasteiger partial charge in [-0.3, -0.25) is 4.79 Å². The summed E-state index contributed by atoms with van der Waals surface area (Å²) in [5.41, 5.74) is -0.717. The Morgan fingerprint density at radius 1 is 1.29 bits per heavy atom. The Kier molecular flexibility index (Phi) is 5.16. The maximum Gasteiger partial charge on any atom is 0.336 e. The predicted octanol–water partition coefficient (Wildman–Crippen LogP) is 1.84. The molecule has 0 saturated heterocycles. The second-order valence-corrected chi connectivity index (χ2v) is 8.35. The van der Waals surface area contributed by atoms with Gasteiger partial charge in [-0.1, -0.05) is 0 Å². The summed E-state index contributed by atoms with van der Waals surface area (Å²) in [6.45, 7) is 5.21. The van der Waals surface area contributed by atoms with Crippen LogP contribution >= 0.6 is 15.9 Å². The van der Waals surface area contributed by atoms with E-state index in [1.165, 1.54) is 12.1 Å². The number of rotatable bonds is 4. The van der Waals surface area contributed by atoms with Crippen LogP contribution in [0, 0.1) is 0 Å². The Morgan fingerprint density at radius 2 is 1.86 bits per heavy atom. The second-order valence-electron chi connectivity index (χ2n) is 5.50. The van der Waals surface area contributed by atoms with Crippen LogP contribution in [0.15, 0.2) is 27.6 Å². The van der Waals surface area contributed by atoms with Crippen molar-refractivity contribution in [1.82, 2.24) is 5.32 Å². The summed E-state index contributed by atoms with van der Waals surface area (Å²) in [5.74, 6) is -2.62. The van der Waals surface area contributed by atoms with Crippen molar-refractivity contribution in [1.29, 1.82) is 0 Å². The van der Waals surface area contributed by atoms with Crippen molar-refractivity contribution < 1.29 is 23.1 Å². The van der Waals surface area contributed by atoms with Gasteiger partial charge in [-0.05, 0) is 54.9 Å². The first-order valence-electron chi connectivity index (χ1n) is 5.99. The highest BCUT2D eigenvalue weighted by Crippen LogP contribution is 2.22. The van der Waals surface area contributed by atoms with Gasteiger partial charge in [-0.25, -0.2) is 13.2 Å². The zero-order valence-corrected chi connectivity index (χ0v) is 14.2. The number of benzene rings is 1. The van der Waals surface area contributed by atoms with Crippen molar-refractivity contribution in [2.24, 2.45) is 0 Å². The number of halogens is 1. The molecule has 0 unspecified atom stereocenters. The van der Waals surface area contributed by atoms with E-state index in [1.54, 1.807) is 20.8 Å². The molecule has 0 radical (unpaired) electrons. The van der Waals surface area contributed by atoms with E-state index >= 15 is 0 Å². The van der Waals surface area contributed by atoms with Crippen molar-refractivity contribution in [3.63, 3.8) is 0 Å². The van der Waals surface area contributed by atoms with E-state index in [4.69, 9.17) is 5.11 Å². The van der Waals surface area contributed by atoms with Crippen LogP contribution in [0.2, 0.25) is 0 Å². The fraction of sp³-hybridized carbons (Fsp3) is 0.385. The molecule has 2 N–H and O–H groups in total. The van der Waals surface area contributed by atoms with Gasteiger partial charge >= 0.3 is 5.97 Å². The van der Waals surface area contributed by atoms with Gasteiger partial charge in [0.15, 0.2) is 9.84 Å². The molecule has 0 aromatic heterocycles. The van der Waals surface area contributed by atoms with E-state index in [2.05, 4.69) is 21.2 Å². The molecule has 8 heteroatoms. The summed E-state index contributed by atoms with van der Waals surface area (Å²) >= 11 is 3.03. The minimum absolute atomic E-state index is 0.174. The lowest BCUT2D eigenvalue weighted by Gasteiger charge is -2.20. The first-order chi connectivity index (χ1) is 9.42. The largest absolute Gasteiger partial charge is 0.478 e. The molecule has 0 atom stereocenters. The van der Waals surface area contributed by atoms with Crippen LogP contribution in [0.25, 0.3) is 0 Å². The van der Waals surface area contributed by atoms with E-state index in [-0.39, 0.29) is 14.9 Å². The monoisotopic (exact) mass is 377 g/mol. The number of carbonyl (C=O) groups is 2. The highest BCUT2D eigenvalue weighted by Gasteiger charge is 2.24. The Balaban J connectivity index is 3.07. The van der Waals surface area contributed by atoms with Crippen molar-refractivity contribution in [2.45, 2.75) is 31.2 Å². The highest BCUT2D eigenvalue weighted by molar-refractivity contribution is 9.10. The molecule has 1 amide bonds. The van der Waals surface area contributed by atoms with E-state index in [1.807, 2.05) is 0 Å². The fourth-order valence-corrected chi connectivity index (χ4v) is 3.15. The molecule has 0 spiro atoms. The molecule has 0 fully saturated rings. The van der Waals surface area contributed by atoms with Gasteiger partial charge in [0.05, 0.1) is 10.5 Å². The number of carboxylic acid groups (broad SMARTS) is 1. The van der Waals surface area contributed by atoms with Crippen LogP contribution in [0.4, 0.5) is 0 Å². The maximum atomic E-state index is 12.1. The molecule has 0 bridgehead atoms. The van der Waals surface area contributed by atoms with Crippen LogP contribution in [0.3, 0.4) is 0 Å². The first-order valence-corrected chi connectivity index (χ1v) is 8.43. The topological polar surface area (TPSA) is 101 Å². The van der Waals surface area contributed by atoms with Gasteiger partial charge in [0, 0.05) is 10.0 Å². The number of nitrogens with one attached hydrogen (secondary N) is 1. The molecule has 1 rings (SSSR count).